The predicted molar refractivity (Wildman–Crippen MR) is 152 cm³/mol. The molecule has 8 nitrogen and oxygen atoms in total. The van der Waals surface area contributed by atoms with Crippen molar-refractivity contribution in [2.75, 3.05) is 0 Å². The molecule has 37 heavy (non-hydrogen) atoms. The quantitative estimate of drug-likeness (QED) is 0.125. The lowest BCUT2D eigenvalue weighted by molar-refractivity contribution is -0.384. The second-order valence-corrected chi connectivity index (χ2v) is 11.4. The Bertz CT molecular complexity index is 1610. The molecule has 0 atom stereocenters. The van der Waals surface area contributed by atoms with Gasteiger partial charge in [0.15, 0.2) is 0 Å². The molecular formula is C26H21Br2ClN4O4. The molecule has 0 saturated heterocycles. The Morgan fingerprint density at radius 3 is 2.62 bits per heavy atom. The number of hydrogen-bond acceptors (Lipinski definition) is 6. The highest BCUT2D eigenvalue weighted by Gasteiger charge is 2.23. The fourth-order valence-corrected chi connectivity index (χ4v) is 4.91. The van der Waals surface area contributed by atoms with Crippen LogP contribution in [0.2, 0.25) is 5.02 Å². The van der Waals surface area contributed by atoms with Crippen LogP contribution in [0.25, 0.3) is 10.9 Å². The van der Waals surface area contributed by atoms with Gasteiger partial charge in [-0.2, -0.15) is 9.78 Å². The van der Waals surface area contributed by atoms with Crippen LogP contribution >= 0.6 is 43.5 Å². The van der Waals surface area contributed by atoms with E-state index < -0.39 is 10.3 Å². The summed E-state index contributed by atoms with van der Waals surface area (Å²) in [5.41, 5.74) is 0.889. The fraction of sp³-hybridized carbons (Fsp3) is 0.192. The Balaban J connectivity index is 1.78. The van der Waals surface area contributed by atoms with Gasteiger partial charge in [-0.05, 0) is 51.8 Å². The number of nitro benzene ring substituents is 1. The Morgan fingerprint density at radius 1 is 1.16 bits per heavy atom. The Kier molecular flexibility index (Phi) is 7.82. The molecule has 0 saturated carbocycles. The topological polar surface area (TPSA) is 99.6 Å². The van der Waals surface area contributed by atoms with Gasteiger partial charge in [0, 0.05) is 32.6 Å². The number of fused-ring (bicyclic) bond motifs is 1. The minimum atomic E-state index is -0.478. The van der Waals surface area contributed by atoms with Crippen LogP contribution in [0.15, 0.2) is 73.4 Å². The van der Waals surface area contributed by atoms with Gasteiger partial charge in [-0.1, -0.05) is 60.4 Å². The number of rotatable bonds is 6. The summed E-state index contributed by atoms with van der Waals surface area (Å²) in [6, 6.07) is 14.9. The van der Waals surface area contributed by atoms with Crippen LogP contribution in [0.5, 0.6) is 5.75 Å². The van der Waals surface area contributed by atoms with E-state index in [1.165, 1.54) is 23.0 Å². The van der Waals surface area contributed by atoms with Gasteiger partial charge in [-0.15, -0.1) is 0 Å². The smallest absolute Gasteiger partial charge is 0.282 e. The number of nitrogens with zero attached hydrogens (tertiary/aromatic N) is 4. The third-order valence-electron chi connectivity index (χ3n) is 5.33. The van der Waals surface area contributed by atoms with Crippen LogP contribution in [0.4, 0.5) is 5.69 Å². The predicted octanol–water partition coefficient (Wildman–Crippen LogP) is 7.24. The van der Waals surface area contributed by atoms with Crippen molar-refractivity contribution in [2.24, 2.45) is 5.10 Å². The molecule has 0 radical (unpaired) electrons. The van der Waals surface area contributed by atoms with Crippen molar-refractivity contribution in [3.8, 4) is 5.75 Å². The molecule has 0 aliphatic carbocycles. The van der Waals surface area contributed by atoms with Crippen LogP contribution in [0.1, 0.15) is 37.7 Å². The van der Waals surface area contributed by atoms with Crippen LogP contribution in [0, 0.1) is 10.1 Å². The summed E-state index contributed by atoms with van der Waals surface area (Å²) in [4.78, 5) is 28.8. The van der Waals surface area contributed by atoms with Gasteiger partial charge in [0.05, 0.1) is 26.5 Å². The first kappa shape index (κ1) is 27.0. The van der Waals surface area contributed by atoms with Gasteiger partial charge in [0.2, 0.25) is 0 Å². The van der Waals surface area contributed by atoms with E-state index in [-0.39, 0.29) is 17.9 Å². The van der Waals surface area contributed by atoms with Crippen LogP contribution in [-0.2, 0) is 12.0 Å². The SMILES string of the molecule is CC(C)(C)c1nc2ccc(Br)cc2c(=O)n1N=Cc1cc(Cl)cc(Br)c1OCc1cccc([N+](=O)[O-])c1. The van der Waals surface area contributed by atoms with E-state index >= 15 is 0 Å². The molecule has 11 heteroatoms. The average molecular weight is 649 g/mol. The number of halogens is 3. The minimum Gasteiger partial charge on any atom is -0.487 e. The molecule has 1 heterocycles. The van der Waals surface area contributed by atoms with Gasteiger partial charge >= 0.3 is 0 Å². The third-order valence-corrected chi connectivity index (χ3v) is 6.63. The van der Waals surface area contributed by atoms with E-state index in [1.54, 1.807) is 36.4 Å². The summed E-state index contributed by atoms with van der Waals surface area (Å²) < 4.78 is 8.63. The van der Waals surface area contributed by atoms with E-state index in [0.717, 1.165) is 4.47 Å². The van der Waals surface area contributed by atoms with Crippen molar-refractivity contribution in [3.05, 3.63) is 106 Å². The lowest BCUT2D eigenvalue weighted by Gasteiger charge is -2.21. The highest BCUT2D eigenvalue weighted by Crippen LogP contribution is 2.33. The molecule has 0 fully saturated rings. The molecule has 0 aliphatic heterocycles. The lowest BCUT2D eigenvalue weighted by atomic mass is 9.95. The molecule has 1 aromatic heterocycles. The normalized spacial score (nSPS) is 11.8. The van der Waals surface area contributed by atoms with Crippen LogP contribution in [-0.4, -0.2) is 20.8 Å². The fourth-order valence-electron chi connectivity index (χ4n) is 3.61. The molecule has 0 aliphatic rings. The summed E-state index contributed by atoms with van der Waals surface area (Å²) in [6.45, 7) is 5.93. The number of hydrogen-bond donors (Lipinski definition) is 0. The zero-order chi connectivity index (χ0) is 26.9. The number of benzene rings is 3. The van der Waals surface area contributed by atoms with Gasteiger partial charge in [-0.25, -0.2) is 4.98 Å². The van der Waals surface area contributed by atoms with E-state index in [9.17, 15) is 14.9 Å². The Morgan fingerprint density at radius 2 is 1.92 bits per heavy atom. The zero-order valence-electron chi connectivity index (χ0n) is 20.0. The van der Waals surface area contributed by atoms with Crippen molar-refractivity contribution in [1.29, 1.82) is 0 Å². The third kappa shape index (κ3) is 6.08. The number of aromatic nitrogens is 2. The second kappa shape index (κ2) is 10.7. The standard InChI is InChI=1S/C26H21Br2ClN4O4/c1-26(2,3)25-31-22-8-7-17(27)11-20(22)24(34)32(25)30-13-16-10-18(29)12-21(28)23(16)37-14-15-5-4-6-19(9-15)33(35)36/h4-13H,14H2,1-3H3. The largest absolute Gasteiger partial charge is 0.487 e. The number of non-ortho nitro benzene ring substituents is 1. The highest BCUT2D eigenvalue weighted by atomic mass is 79.9. The number of ether oxygens (including phenoxy) is 1. The summed E-state index contributed by atoms with van der Waals surface area (Å²) >= 11 is 13.2. The molecular weight excluding hydrogens is 628 g/mol. The monoisotopic (exact) mass is 646 g/mol. The molecule has 4 aromatic rings. The van der Waals surface area contributed by atoms with Gasteiger partial charge in [0.25, 0.3) is 11.2 Å². The summed E-state index contributed by atoms with van der Waals surface area (Å²) in [5, 5.41) is 16.5. The van der Waals surface area contributed by atoms with Crippen molar-refractivity contribution in [1.82, 2.24) is 9.66 Å². The first-order valence-electron chi connectivity index (χ1n) is 11.1. The van der Waals surface area contributed by atoms with E-state index in [1.807, 2.05) is 26.8 Å². The van der Waals surface area contributed by atoms with Crippen LogP contribution < -0.4 is 10.3 Å². The summed E-state index contributed by atoms with van der Waals surface area (Å²) in [7, 11) is 0. The average Bonchev–Trinajstić information content (AvgIpc) is 2.82. The molecule has 0 N–H and O–H groups in total. The molecule has 0 spiro atoms. The van der Waals surface area contributed by atoms with Crippen molar-refractivity contribution < 1.29 is 9.66 Å². The first-order chi connectivity index (χ1) is 17.4. The number of nitro groups is 1. The van der Waals surface area contributed by atoms with E-state index in [4.69, 9.17) is 21.3 Å². The summed E-state index contributed by atoms with van der Waals surface area (Å²) in [5.74, 6) is 0.908. The van der Waals surface area contributed by atoms with Gasteiger partial charge in [-0.3, -0.25) is 14.9 Å². The molecule has 0 bridgehead atoms. The highest BCUT2D eigenvalue weighted by molar-refractivity contribution is 9.10. The molecule has 3 aromatic carbocycles. The molecule has 190 valence electrons. The zero-order valence-corrected chi connectivity index (χ0v) is 24.0. The van der Waals surface area contributed by atoms with Gasteiger partial charge in [0.1, 0.15) is 18.2 Å². The molecule has 0 amide bonds. The van der Waals surface area contributed by atoms with Crippen LogP contribution in [0.3, 0.4) is 0 Å². The second-order valence-electron chi connectivity index (χ2n) is 9.23. The van der Waals surface area contributed by atoms with E-state index in [0.29, 0.717) is 43.1 Å². The Labute approximate surface area is 234 Å². The molecule has 4 rings (SSSR count). The first-order valence-corrected chi connectivity index (χ1v) is 13.0. The molecule has 0 unspecified atom stereocenters. The van der Waals surface area contributed by atoms with Crippen molar-refractivity contribution in [3.63, 3.8) is 0 Å². The Hall–Kier alpha value is -3.08. The van der Waals surface area contributed by atoms with Gasteiger partial charge < -0.3 is 4.74 Å². The maximum absolute atomic E-state index is 13.5. The minimum absolute atomic E-state index is 0.0254. The van der Waals surface area contributed by atoms with Crippen molar-refractivity contribution in [2.45, 2.75) is 32.8 Å². The maximum Gasteiger partial charge on any atom is 0.282 e. The summed E-state index contributed by atoms with van der Waals surface area (Å²) in [6.07, 6.45) is 1.49. The van der Waals surface area contributed by atoms with Crippen molar-refractivity contribution >= 4 is 66.3 Å². The maximum atomic E-state index is 13.5. The lowest BCUT2D eigenvalue weighted by Crippen LogP contribution is -2.29. The van der Waals surface area contributed by atoms with E-state index in [2.05, 4.69) is 37.0 Å².